The van der Waals surface area contributed by atoms with E-state index < -0.39 is 11.9 Å². The van der Waals surface area contributed by atoms with E-state index >= 15 is 0 Å². The molecule has 2 heterocycles. The Morgan fingerprint density at radius 3 is 2.84 bits per heavy atom. The van der Waals surface area contributed by atoms with Crippen LogP contribution in [-0.2, 0) is 18.3 Å². The minimum atomic E-state index is -0.617. The number of carbonyl (C=O) groups excluding carboxylic acids is 2. The maximum atomic E-state index is 12.7. The van der Waals surface area contributed by atoms with Gasteiger partial charge in [0.05, 0.1) is 5.56 Å². The molecule has 132 valence electrons. The summed E-state index contributed by atoms with van der Waals surface area (Å²) in [6.45, 7) is 2.56. The predicted molar refractivity (Wildman–Crippen MR) is 93.5 cm³/mol. The lowest BCUT2D eigenvalue weighted by Gasteiger charge is -2.31. The predicted octanol–water partition coefficient (Wildman–Crippen LogP) is 1.61. The SMILES string of the molecule is CCc1ccc(C(=O)N[C@H]2CCCN(c3ccn(C)n3)C2=O)c(O)c1. The summed E-state index contributed by atoms with van der Waals surface area (Å²) in [4.78, 5) is 26.7. The molecule has 0 bridgehead atoms. The molecular weight excluding hydrogens is 320 g/mol. The van der Waals surface area contributed by atoms with Crippen LogP contribution in [0, 0.1) is 0 Å². The Labute approximate surface area is 146 Å². The van der Waals surface area contributed by atoms with Crippen LogP contribution in [0.5, 0.6) is 5.75 Å². The zero-order chi connectivity index (χ0) is 18.0. The minimum absolute atomic E-state index is 0.0679. The molecule has 7 heteroatoms. The van der Waals surface area contributed by atoms with E-state index in [-0.39, 0.29) is 17.2 Å². The van der Waals surface area contributed by atoms with Gasteiger partial charge in [-0.2, -0.15) is 5.10 Å². The first-order valence-corrected chi connectivity index (χ1v) is 8.43. The topological polar surface area (TPSA) is 87.5 Å². The number of anilines is 1. The summed E-state index contributed by atoms with van der Waals surface area (Å²) in [6, 6.07) is 6.13. The number of nitrogens with zero attached hydrogens (tertiary/aromatic N) is 3. The number of aromatic hydroxyl groups is 1. The van der Waals surface area contributed by atoms with E-state index in [1.807, 2.05) is 6.92 Å². The molecule has 2 aromatic rings. The first kappa shape index (κ1) is 17.0. The second-order valence-corrected chi connectivity index (χ2v) is 6.21. The molecule has 1 aromatic heterocycles. The molecule has 1 atom stereocenters. The van der Waals surface area contributed by atoms with Gasteiger partial charge in [-0.1, -0.05) is 13.0 Å². The van der Waals surface area contributed by atoms with E-state index in [4.69, 9.17) is 0 Å². The molecule has 3 rings (SSSR count). The fraction of sp³-hybridized carbons (Fsp3) is 0.389. The van der Waals surface area contributed by atoms with Gasteiger partial charge in [0.25, 0.3) is 11.8 Å². The summed E-state index contributed by atoms with van der Waals surface area (Å²) < 4.78 is 1.64. The fourth-order valence-corrected chi connectivity index (χ4v) is 3.01. The monoisotopic (exact) mass is 342 g/mol. The van der Waals surface area contributed by atoms with Crippen LogP contribution < -0.4 is 10.2 Å². The lowest BCUT2D eigenvalue weighted by molar-refractivity contribution is -0.121. The average Bonchev–Trinajstić information content (AvgIpc) is 3.02. The van der Waals surface area contributed by atoms with Gasteiger partial charge in [0, 0.05) is 25.9 Å². The number of hydrogen-bond acceptors (Lipinski definition) is 4. The molecule has 25 heavy (non-hydrogen) atoms. The number of carbonyl (C=O) groups is 2. The highest BCUT2D eigenvalue weighted by Crippen LogP contribution is 2.22. The van der Waals surface area contributed by atoms with Crippen LogP contribution >= 0.6 is 0 Å². The molecule has 2 amide bonds. The largest absolute Gasteiger partial charge is 0.507 e. The number of benzene rings is 1. The number of phenols is 1. The van der Waals surface area contributed by atoms with E-state index in [2.05, 4.69) is 10.4 Å². The van der Waals surface area contributed by atoms with Crippen molar-refractivity contribution >= 4 is 17.6 Å². The highest BCUT2D eigenvalue weighted by atomic mass is 16.3. The molecule has 0 radical (unpaired) electrons. The van der Waals surface area contributed by atoms with Gasteiger partial charge in [0.2, 0.25) is 0 Å². The number of amides is 2. The quantitative estimate of drug-likeness (QED) is 0.884. The Morgan fingerprint density at radius 2 is 2.20 bits per heavy atom. The van der Waals surface area contributed by atoms with Crippen LogP contribution in [0.25, 0.3) is 0 Å². The second kappa shape index (κ2) is 6.96. The standard InChI is InChI=1S/C18H22N4O3/c1-3-12-6-7-13(15(23)11-12)17(24)19-14-5-4-9-22(18(14)25)16-8-10-21(2)20-16/h6-8,10-11,14,23H,3-5,9H2,1-2H3,(H,19,24)/t14-/m0/s1. The van der Waals surface area contributed by atoms with Gasteiger partial charge in [-0.3, -0.25) is 19.2 Å². The number of aromatic nitrogens is 2. The molecule has 0 unspecified atom stereocenters. The molecule has 0 saturated carbocycles. The van der Waals surface area contributed by atoms with Gasteiger partial charge in [-0.15, -0.1) is 0 Å². The first-order chi connectivity index (χ1) is 12.0. The summed E-state index contributed by atoms with van der Waals surface area (Å²) in [5.41, 5.74) is 1.13. The summed E-state index contributed by atoms with van der Waals surface area (Å²) in [5, 5.41) is 17.1. The highest BCUT2D eigenvalue weighted by Gasteiger charge is 2.32. The average molecular weight is 342 g/mol. The van der Waals surface area contributed by atoms with Crippen LogP contribution in [0.2, 0.25) is 0 Å². The molecule has 1 aliphatic heterocycles. The molecule has 0 aliphatic carbocycles. The Hall–Kier alpha value is -2.83. The van der Waals surface area contributed by atoms with Gasteiger partial charge >= 0.3 is 0 Å². The number of piperidine rings is 1. The zero-order valence-corrected chi connectivity index (χ0v) is 14.4. The van der Waals surface area contributed by atoms with Gasteiger partial charge in [0.15, 0.2) is 5.82 Å². The molecule has 1 aliphatic rings. The lowest BCUT2D eigenvalue weighted by Crippen LogP contribution is -2.52. The van der Waals surface area contributed by atoms with Crippen molar-refractivity contribution in [3.05, 3.63) is 41.6 Å². The van der Waals surface area contributed by atoms with Crippen LogP contribution in [0.3, 0.4) is 0 Å². The first-order valence-electron chi connectivity index (χ1n) is 8.43. The zero-order valence-electron chi connectivity index (χ0n) is 14.4. The smallest absolute Gasteiger partial charge is 0.255 e. The molecule has 0 spiro atoms. The van der Waals surface area contributed by atoms with Crippen LogP contribution in [-0.4, -0.2) is 39.3 Å². The summed E-state index contributed by atoms with van der Waals surface area (Å²) in [7, 11) is 1.79. The maximum Gasteiger partial charge on any atom is 0.255 e. The third-order valence-electron chi connectivity index (χ3n) is 4.44. The molecule has 2 N–H and O–H groups in total. The Kier molecular flexibility index (Phi) is 4.74. The van der Waals surface area contributed by atoms with E-state index in [1.54, 1.807) is 47.1 Å². The molecular formula is C18H22N4O3. The number of nitrogens with one attached hydrogen (secondary N) is 1. The number of aryl methyl sites for hydroxylation is 2. The van der Waals surface area contributed by atoms with Crippen molar-refractivity contribution in [3.8, 4) is 5.75 Å². The highest BCUT2D eigenvalue weighted by molar-refractivity contribution is 6.03. The molecule has 1 saturated heterocycles. The van der Waals surface area contributed by atoms with Gasteiger partial charge in [0.1, 0.15) is 11.8 Å². The Morgan fingerprint density at radius 1 is 1.40 bits per heavy atom. The van der Waals surface area contributed by atoms with E-state index in [0.29, 0.717) is 18.8 Å². The second-order valence-electron chi connectivity index (χ2n) is 6.21. The molecule has 1 fully saturated rings. The van der Waals surface area contributed by atoms with Crippen molar-refractivity contribution in [1.82, 2.24) is 15.1 Å². The number of hydrogen-bond donors (Lipinski definition) is 2. The van der Waals surface area contributed by atoms with Crippen molar-refractivity contribution in [2.75, 3.05) is 11.4 Å². The van der Waals surface area contributed by atoms with Crippen molar-refractivity contribution in [1.29, 1.82) is 0 Å². The Bertz CT molecular complexity index is 799. The van der Waals surface area contributed by atoms with Crippen molar-refractivity contribution < 1.29 is 14.7 Å². The molecule has 1 aromatic carbocycles. The van der Waals surface area contributed by atoms with E-state index in [0.717, 1.165) is 18.4 Å². The van der Waals surface area contributed by atoms with Gasteiger partial charge in [-0.05, 0) is 37.0 Å². The van der Waals surface area contributed by atoms with Crippen molar-refractivity contribution in [3.63, 3.8) is 0 Å². The lowest BCUT2D eigenvalue weighted by atomic mass is 10.0. The molecule has 7 nitrogen and oxygen atoms in total. The normalized spacial score (nSPS) is 17.6. The maximum absolute atomic E-state index is 12.7. The van der Waals surface area contributed by atoms with Crippen LogP contribution in [0.15, 0.2) is 30.5 Å². The van der Waals surface area contributed by atoms with Crippen molar-refractivity contribution in [2.24, 2.45) is 7.05 Å². The fourth-order valence-electron chi connectivity index (χ4n) is 3.01. The van der Waals surface area contributed by atoms with Gasteiger partial charge in [-0.25, -0.2) is 0 Å². The van der Waals surface area contributed by atoms with E-state index in [1.165, 1.54) is 0 Å². The van der Waals surface area contributed by atoms with Crippen LogP contribution in [0.1, 0.15) is 35.7 Å². The minimum Gasteiger partial charge on any atom is -0.507 e. The summed E-state index contributed by atoms with van der Waals surface area (Å²) in [5.74, 6) is -0.104. The number of phenolic OH excluding ortho intramolecular Hbond substituents is 1. The summed E-state index contributed by atoms with van der Waals surface area (Å²) >= 11 is 0. The summed E-state index contributed by atoms with van der Waals surface area (Å²) in [6.07, 6.45) is 3.89. The van der Waals surface area contributed by atoms with E-state index in [9.17, 15) is 14.7 Å². The third-order valence-corrected chi connectivity index (χ3v) is 4.44. The number of rotatable bonds is 4. The van der Waals surface area contributed by atoms with Crippen LogP contribution in [0.4, 0.5) is 5.82 Å². The Balaban J connectivity index is 1.73. The van der Waals surface area contributed by atoms with Gasteiger partial charge < -0.3 is 10.4 Å². The van der Waals surface area contributed by atoms with Crippen molar-refractivity contribution in [2.45, 2.75) is 32.2 Å². The third kappa shape index (κ3) is 3.50.